The lowest BCUT2D eigenvalue weighted by Crippen LogP contribution is -1.94. The van der Waals surface area contributed by atoms with Crippen LogP contribution in [0.15, 0.2) is 30.6 Å². The molecule has 0 bridgehead atoms. The Morgan fingerprint density at radius 1 is 1.23 bits per heavy atom. The van der Waals surface area contributed by atoms with Gasteiger partial charge in [-0.3, -0.25) is 9.97 Å². The fourth-order valence-corrected chi connectivity index (χ4v) is 1.26. The molecule has 0 atom stereocenters. The number of pyridine rings is 2. The van der Waals surface area contributed by atoms with Crippen LogP contribution in [-0.2, 0) is 6.42 Å². The van der Waals surface area contributed by atoms with E-state index < -0.39 is 0 Å². The number of nitrogens with zero attached hydrogens (tertiary/aromatic N) is 2. The van der Waals surface area contributed by atoms with E-state index in [1.54, 1.807) is 12.4 Å². The molecule has 2 aromatic heterocycles. The Kier molecular flexibility index (Phi) is 2.19. The molecule has 0 amide bonds. The molecule has 0 radical (unpaired) electrons. The average Bonchev–Trinajstić information content (AvgIpc) is 2.18. The number of hydrogen-bond acceptors (Lipinski definition) is 3. The van der Waals surface area contributed by atoms with Crippen molar-refractivity contribution in [1.29, 1.82) is 0 Å². The van der Waals surface area contributed by atoms with Gasteiger partial charge in [0.25, 0.3) is 0 Å². The van der Waals surface area contributed by atoms with Crippen LogP contribution in [0.4, 0.5) is 0 Å². The van der Waals surface area contributed by atoms with Gasteiger partial charge in [-0.25, -0.2) is 0 Å². The minimum absolute atomic E-state index is 0.138. The molecule has 0 aliphatic rings. The highest BCUT2D eigenvalue weighted by Gasteiger charge is 1.96. The van der Waals surface area contributed by atoms with Crippen molar-refractivity contribution < 1.29 is 5.11 Å². The lowest BCUT2D eigenvalue weighted by molar-refractivity contribution is 0.298. The van der Waals surface area contributed by atoms with Gasteiger partial charge < -0.3 is 5.11 Å². The summed E-state index contributed by atoms with van der Waals surface area (Å²) < 4.78 is 0. The molecule has 0 spiro atoms. The molecule has 2 rings (SSSR count). The fourth-order valence-electron chi connectivity index (χ4n) is 1.26. The second-order valence-corrected chi connectivity index (χ2v) is 2.84. The normalized spacial score (nSPS) is 10.5. The zero-order valence-corrected chi connectivity index (χ0v) is 7.14. The number of hydrogen-bond donors (Lipinski definition) is 1. The van der Waals surface area contributed by atoms with Crippen LogP contribution in [0.25, 0.3) is 10.9 Å². The van der Waals surface area contributed by atoms with E-state index in [2.05, 4.69) is 9.97 Å². The highest BCUT2D eigenvalue weighted by Crippen LogP contribution is 2.10. The number of rotatable bonds is 2. The largest absolute Gasteiger partial charge is 0.396 e. The van der Waals surface area contributed by atoms with Crippen LogP contribution in [0, 0.1) is 0 Å². The molecular formula is C10H10N2O. The fraction of sp³-hybridized carbons (Fsp3) is 0.200. The molecule has 1 N–H and O–H groups in total. The van der Waals surface area contributed by atoms with Gasteiger partial charge in [0.15, 0.2) is 0 Å². The van der Waals surface area contributed by atoms with Gasteiger partial charge in [0.2, 0.25) is 0 Å². The van der Waals surface area contributed by atoms with Crippen LogP contribution in [0.2, 0.25) is 0 Å². The average molecular weight is 174 g/mol. The van der Waals surface area contributed by atoms with E-state index in [0.29, 0.717) is 6.42 Å². The molecule has 0 aliphatic carbocycles. The van der Waals surface area contributed by atoms with Gasteiger partial charge in [-0.2, -0.15) is 0 Å². The summed E-state index contributed by atoms with van der Waals surface area (Å²) in [5.74, 6) is 0. The molecule has 2 aromatic rings. The van der Waals surface area contributed by atoms with Gasteiger partial charge in [-0.15, -0.1) is 0 Å². The third-order valence-electron chi connectivity index (χ3n) is 1.92. The molecule has 0 saturated carbocycles. The molecular weight excluding hydrogens is 164 g/mol. The van der Waals surface area contributed by atoms with Crippen LogP contribution >= 0.6 is 0 Å². The Labute approximate surface area is 76.1 Å². The first-order valence-electron chi connectivity index (χ1n) is 4.20. The third-order valence-corrected chi connectivity index (χ3v) is 1.92. The van der Waals surface area contributed by atoms with E-state index in [4.69, 9.17) is 5.11 Å². The van der Waals surface area contributed by atoms with Crippen molar-refractivity contribution in [3.63, 3.8) is 0 Å². The van der Waals surface area contributed by atoms with Crippen molar-refractivity contribution in [2.24, 2.45) is 0 Å². The van der Waals surface area contributed by atoms with Gasteiger partial charge in [0, 0.05) is 30.3 Å². The summed E-state index contributed by atoms with van der Waals surface area (Å²) in [6, 6.07) is 5.85. The molecule has 3 heteroatoms. The van der Waals surface area contributed by atoms with Crippen molar-refractivity contribution in [3.8, 4) is 0 Å². The predicted octanol–water partition coefficient (Wildman–Crippen LogP) is 1.16. The maximum atomic E-state index is 8.74. The van der Waals surface area contributed by atoms with Crippen molar-refractivity contribution in [2.75, 3.05) is 6.61 Å². The maximum Gasteiger partial charge on any atom is 0.0888 e. The van der Waals surface area contributed by atoms with E-state index in [1.807, 2.05) is 18.2 Å². The topological polar surface area (TPSA) is 46.0 Å². The van der Waals surface area contributed by atoms with E-state index in [9.17, 15) is 0 Å². The van der Waals surface area contributed by atoms with Gasteiger partial charge >= 0.3 is 0 Å². The predicted molar refractivity (Wildman–Crippen MR) is 50.3 cm³/mol. The highest BCUT2D eigenvalue weighted by atomic mass is 16.3. The molecule has 66 valence electrons. The summed E-state index contributed by atoms with van der Waals surface area (Å²) in [5, 5.41) is 9.82. The third kappa shape index (κ3) is 1.65. The van der Waals surface area contributed by atoms with E-state index in [0.717, 1.165) is 16.6 Å². The Balaban J connectivity index is 2.49. The summed E-state index contributed by atoms with van der Waals surface area (Å²) in [6.45, 7) is 0.138. The SMILES string of the molecule is OCCc1ccc2ccncc2n1. The minimum Gasteiger partial charge on any atom is -0.396 e. The lowest BCUT2D eigenvalue weighted by Gasteiger charge is -1.99. The molecule has 2 heterocycles. The Hall–Kier alpha value is -1.48. The first-order chi connectivity index (χ1) is 6.40. The maximum absolute atomic E-state index is 8.74. The summed E-state index contributed by atoms with van der Waals surface area (Å²) in [5.41, 5.74) is 1.79. The molecule has 0 saturated heterocycles. The molecule has 3 nitrogen and oxygen atoms in total. The summed E-state index contributed by atoms with van der Waals surface area (Å²) in [7, 11) is 0. The van der Waals surface area contributed by atoms with Crippen molar-refractivity contribution >= 4 is 10.9 Å². The van der Waals surface area contributed by atoms with Crippen LogP contribution in [-0.4, -0.2) is 21.7 Å². The smallest absolute Gasteiger partial charge is 0.0888 e. The lowest BCUT2D eigenvalue weighted by atomic mass is 10.2. The Bertz CT molecular complexity index is 414. The van der Waals surface area contributed by atoms with Crippen molar-refractivity contribution in [1.82, 2.24) is 9.97 Å². The number of aliphatic hydroxyl groups is 1. The van der Waals surface area contributed by atoms with E-state index in [1.165, 1.54) is 0 Å². The molecule has 0 aromatic carbocycles. The Morgan fingerprint density at radius 3 is 3.00 bits per heavy atom. The zero-order chi connectivity index (χ0) is 9.10. The summed E-state index contributed by atoms with van der Waals surface area (Å²) in [6.07, 6.45) is 4.08. The monoisotopic (exact) mass is 174 g/mol. The van der Waals surface area contributed by atoms with Crippen LogP contribution in [0.5, 0.6) is 0 Å². The van der Waals surface area contributed by atoms with Gasteiger partial charge in [0.05, 0.1) is 11.7 Å². The quantitative estimate of drug-likeness (QED) is 0.743. The van der Waals surface area contributed by atoms with E-state index in [-0.39, 0.29) is 6.61 Å². The van der Waals surface area contributed by atoms with Gasteiger partial charge in [0.1, 0.15) is 0 Å². The standard InChI is InChI=1S/C10H10N2O/c13-6-4-9-2-1-8-3-5-11-7-10(8)12-9/h1-3,5,7,13H,4,6H2. The molecule has 13 heavy (non-hydrogen) atoms. The molecule has 0 fully saturated rings. The first kappa shape index (κ1) is 8.13. The highest BCUT2D eigenvalue weighted by molar-refractivity contribution is 5.77. The second-order valence-electron chi connectivity index (χ2n) is 2.84. The first-order valence-corrected chi connectivity index (χ1v) is 4.20. The number of aliphatic hydroxyl groups excluding tert-OH is 1. The second kappa shape index (κ2) is 3.49. The van der Waals surface area contributed by atoms with Gasteiger partial charge in [-0.05, 0) is 12.1 Å². The summed E-state index contributed by atoms with van der Waals surface area (Å²) >= 11 is 0. The van der Waals surface area contributed by atoms with Crippen molar-refractivity contribution in [2.45, 2.75) is 6.42 Å². The van der Waals surface area contributed by atoms with Crippen molar-refractivity contribution in [3.05, 3.63) is 36.3 Å². The number of aromatic nitrogens is 2. The van der Waals surface area contributed by atoms with Crippen LogP contribution in [0.3, 0.4) is 0 Å². The summed E-state index contributed by atoms with van der Waals surface area (Å²) in [4.78, 5) is 8.33. The van der Waals surface area contributed by atoms with Gasteiger partial charge in [-0.1, -0.05) is 6.07 Å². The van der Waals surface area contributed by atoms with Crippen LogP contribution < -0.4 is 0 Å². The zero-order valence-electron chi connectivity index (χ0n) is 7.14. The van der Waals surface area contributed by atoms with Crippen LogP contribution in [0.1, 0.15) is 5.69 Å². The Morgan fingerprint density at radius 2 is 2.15 bits per heavy atom. The molecule has 0 aliphatic heterocycles. The minimum atomic E-state index is 0.138. The molecule has 0 unspecified atom stereocenters. The number of fused-ring (bicyclic) bond motifs is 1. The van der Waals surface area contributed by atoms with E-state index >= 15 is 0 Å².